The number of aliphatic carboxylic acids is 2. The van der Waals surface area contributed by atoms with Crippen molar-refractivity contribution in [3.05, 3.63) is 82.9 Å². The summed E-state index contributed by atoms with van der Waals surface area (Å²) in [4.78, 5) is 37.2. The first-order valence-corrected chi connectivity index (χ1v) is 12.2. The molecule has 10 heteroatoms. The van der Waals surface area contributed by atoms with Crippen LogP contribution in [0.2, 0.25) is 5.02 Å². The van der Waals surface area contributed by atoms with Gasteiger partial charge in [-0.2, -0.15) is 0 Å². The fourth-order valence-electron chi connectivity index (χ4n) is 3.76. The van der Waals surface area contributed by atoms with Gasteiger partial charge in [0.25, 0.3) is 0 Å². The predicted octanol–water partition coefficient (Wildman–Crippen LogP) is 2.86. The van der Waals surface area contributed by atoms with Crippen molar-refractivity contribution in [1.82, 2.24) is 14.7 Å². The normalized spacial score (nSPS) is 15.0. The van der Waals surface area contributed by atoms with Crippen LogP contribution in [0.5, 0.6) is 0 Å². The number of carboxylic acid groups (broad SMARTS) is 2. The third-order valence-electron chi connectivity index (χ3n) is 5.72. The number of carbonyl (C=O) groups is 3. The topological polar surface area (TPSA) is 111 Å². The summed E-state index contributed by atoms with van der Waals surface area (Å²) in [6.07, 6.45) is 1.12. The molecule has 1 aliphatic heterocycles. The van der Waals surface area contributed by atoms with Crippen LogP contribution in [0.1, 0.15) is 17.2 Å². The molecule has 0 spiro atoms. The number of piperazine rings is 1. The molecule has 3 rings (SSSR count). The van der Waals surface area contributed by atoms with Gasteiger partial charge in [0.15, 0.2) is 0 Å². The van der Waals surface area contributed by atoms with Crippen LogP contribution in [-0.2, 0) is 19.1 Å². The largest absolute Gasteiger partial charge is 0.478 e. The zero-order valence-corrected chi connectivity index (χ0v) is 21.9. The Kier molecular flexibility index (Phi) is 12.8. The van der Waals surface area contributed by atoms with Crippen LogP contribution in [0.15, 0.2) is 66.7 Å². The Morgan fingerprint density at radius 1 is 0.919 bits per heavy atom. The first-order valence-electron chi connectivity index (χ1n) is 11.9. The molecule has 2 N–H and O–H groups in total. The number of halogens is 1. The van der Waals surface area contributed by atoms with Crippen LogP contribution in [0.25, 0.3) is 0 Å². The zero-order chi connectivity index (χ0) is 27.2. The van der Waals surface area contributed by atoms with Gasteiger partial charge in [0.1, 0.15) is 6.61 Å². The maximum Gasteiger partial charge on any atom is 0.328 e. The van der Waals surface area contributed by atoms with Crippen molar-refractivity contribution in [3.8, 4) is 0 Å². The number of nitrogens with zero attached hydrogens (tertiary/aromatic N) is 3. The van der Waals surface area contributed by atoms with Crippen molar-refractivity contribution >= 4 is 29.4 Å². The van der Waals surface area contributed by atoms with Gasteiger partial charge in [-0.1, -0.05) is 54.1 Å². The minimum Gasteiger partial charge on any atom is -0.478 e. The van der Waals surface area contributed by atoms with Gasteiger partial charge in [-0.05, 0) is 23.3 Å². The van der Waals surface area contributed by atoms with E-state index in [0.717, 1.165) is 37.7 Å². The number of likely N-dealkylation sites (N-methyl/N-ethyl adjacent to an activating group) is 1. The Bertz CT molecular complexity index is 1010. The Labute approximate surface area is 222 Å². The van der Waals surface area contributed by atoms with E-state index in [1.54, 1.807) is 19.0 Å². The molecule has 1 aliphatic rings. The summed E-state index contributed by atoms with van der Waals surface area (Å²) < 4.78 is 5.52. The monoisotopic (exact) mass is 531 g/mol. The molecule has 1 saturated heterocycles. The van der Waals surface area contributed by atoms with Gasteiger partial charge in [-0.3, -0.25) is 14.6 Å². The second kappa shape index (κ2) is 15.8. The van der Waals surface area contributed by atoms with Gasteiger partial charge in [0.2, 0.25) is 5.91 Å². The highest BCUT2D eigenvalue weighted by Crippen LogP contribution is 2.30. The summed E-state index contributed by atoms with van der Waals surface area (Å²) in [5.41, 5.74) is 2.56. The van der Waals surface area contributed by atoms with Gasteiger partial charge < -0.3 is 19.8 Å². The van der Waals surface area contributed by atoms with E-state index in [1.807, 2.05) is 12.1 Å². The van der Waals surface area contributed by atoms with Crippen LogP contribution in [0.4, 0.5) is 0 Å². The predicted molar refractivity (Wildman–Crippen MR) is 142 cm³/mol. The second-order valence-electron chi connectivity index (χ2n) is 8.59. The molecule has 9 nitrogen and oxygen atoms in total. The van der Waals surface area contributed by atoms with E-state index in [0.29, 0.717) is 18.8 Å². The molecule has 1 amide bonds. The maximum atomic E-state index is 11.6. The molecule has 2 aromatic carbocycles. The third-order valence-corrected chi connectivity index (χ3v) is 5.97. The van der Waals surface area contributed by atoms with Crippen LogP contribution >= 0.6 is 11.6 Å². The van der Waals surface area contributed by atoms with Gasteiger partial charge in [-0.25, -0.2) is 9.59 Å². The average Bonchev–Trinajstić information content (AvgIpc) is 2.88. The minimum atomic E-state index is -1.26. The number of carbonyl (C=O) groups excluding carboxylic acids is 1. The van der Waals surface area contributed by atoms with Crippen LogP contribution < -0.4 is 0 Å². The van der Waals surface area contributed by atoms with Crippen molar-refractivity contribution in [3.63, 3.8) is 0 Å². The lowest BCUT2D eigenvalue weighted by atomic mass is 9.96. The molecular weight excluding hydrogens is 498 g/mol. The molecule has 0 aromatic heterocycles. The minimum absolute atomic E-state index is 0.00323. The molecule has 0 saturated carbocycles. The molecule has 200 valence electrons. The summed E-state index contributed by atoms with van der Waals surface area (Å²) in [6.45, 7) is 5.53. The van der Waals surface area contributed by atoms with E-state index in [2.05, 4.69) is 52.3 Å². The average molecular weight is 532 g/mol. The number of rotatable bonds is 10. The van der Waals surface area contributed by atoms with E-state index in [4.69, 9.17) is 26.6 Å². The quantitative estimate of drug-likeness (QED) is 0.356. The van der Waals surface area contributed by atoms with Gasteiger partial charge in [0.05, 0.1) is 12.6 Å². The van der Waals surface area contributed by atoms with E-state index >= 15 is 0 Å². The zero-order valence-electron chi connectivity index (χ0n) is 21.1. The molecule has 37 heavy (non-hydrogen) atoms. The first kappa shape index (κ1) is 30.0. The summed E-state index contributed by atoms with van der Waals surface area (Å²) in [7, 11) is 3.49. The number of hydrogen-bond acceptors (Lipinski definition) is 6. The van der Waals surface area contributed by atoms with Gasteiger partial charge in [-0.15, -0.1) is 0 Å². The molecule has 1 heterocycles. The molecule has 0 radical (unpaired) electrons. The van der Waals surface area contributed by atoms with Crippen molar-refractivity contribution < 1.29 is 29.3 Å². The van der Waals surface area contributed by atoms with Crippen molar-refractivity contribution in [2.45, 2.75) is 6.04 Å². The molecule has 0 bridgehead atoms. The summed E-state index contributed by atoms with van der Waals surface area (Å²) in [6, 6.07) is 19.1. The van der Waals surface area contributed by atoms with E-state index in [1.165, 1.54) is 11.1 Å². The molecule has 1 fully saturated rings. The number of hydrogen-bond donors (Lipinski definition) is 2. The smallest absolute Gasteiger partial charge is 0.328 e. The number of benzene rings is 2. The maximum absolute atomic E-state index is 11.6. The van der Waals surface area contributed by atoms with Crippen molar-refractivity contribution in [2.24, 2.45) is 0 Å². The van der Waals surface area contributed by atoms with Gasteiger partial charge >= 0.3 is 11.9 Å². The van der Waals surface area contributed by atoms with Gasteiger partial charge in [0, 0.05) is 64.0 Å². The standard InChI is InChI=1S/C23H30ClN3O2.C4H4O4/c1-25(2)22(28)18-29-17-16-26-12-14-27(15-13-26)23(19-6-4-3-5-7-19)20-8-10-21(24)11-9-20;5-3(6)1-2-4(7)8/h3-11,23H,12-18H2,1-2H3;1-2H,(H,5,6)(H,7,8)/b;2-1+. The Hall–Kier alpha value is -3.24. The van der Waals surface area contributed by atoms with Crippen LogP contribution in [-0.4, -0.2) is 103 Å². The lowest BCUT2D eigenvalue weighted by molar-refractivity contribution is -0.134. The molecule has 1 unspecified atom stereocenters. The fraction of sp³-hybridized carbons (Fsp3) is 0.370. The summed E-state index contributed by atoms with van der Waals surface area (Å²) >= 11 is 6.11. The summed E-state index contributed by atoms with van der Waals surface area (Å²) in [5, 5.41) is 16.4. The Morgan fingerprint density at radius 3 is 1.97 bits per heavy atom. The molecular formula is C27H34ClN3O6. The number of amides is 1. The fourth-order valence-corrected chi connectivity index (χ4v) is 3.89. The first-order chi connectivity index (χ1) is 17.7. The van der Waals surface area contributed by atoms with Crippen molar-refractivity contribution in [2.75, 3.05) is 60.0 Å². The van der Waals surface area contributed by atoms with E-state index in [9.17, 15) is 14.4 Å². The van der Waals surface area contributed by atoms with Crippen LogP contribution in [0.3, 0.4) is 0 Å². The van der Waals surface area contributed by atoms with E-state index in [-0.39, 0.29) is 18.6 Å². The third kappa shape index (κ3) is 11.1. The molecule has 0 aliphatic carbocycles. The lowest BCUT2D eigenvalue weighted by Crippen LogP contribution is -2.48. The highest BCUT2D eigenvalue weighted by atomic mass is 35.5. The van der Waals surface area contributed by atoms with Crippen LogP contribution in [0, 0.1) is 0 Å². The van der Waals surface area contributed by atoms with E-state index < -0.39 is 11.9 Å². The summed E-state index contributed by atoms with van der Waals surface area (Å²) in [5.74, 6) is -2.51. The lowest BCUT2D eigenvalue weighted by Gasteiger charge is -2.39. The second-order valence-corrected chi connectivity index (χ2v) is 9.03. The molecule has 2 aromatic rings. The number of carboxylic acids is 2. The van der Waals surface area contributed by atoms with Crippen molar-refractivity contribution in [1.29, 1.82) is 0 Å². The highest BCUT2D eigenvalue weighted by Gasteiger charge is 2.26. The number of ether oxygens (including phenoxy) is 1. The Morgan fingerprint density at radius 2 is 1.46 bits per heavy atom. The SMILES string of the molecule is CN(C)C(=O)COCCN1CCN(C(c2ccccc2)c2ccc(Cl)cc2)CC1.O=C(O)/C=C/C(=O)O. The molecule has 1 atom stereocenters. The highest BCUT2D eigenvalue weighted by molar-refractivity contribution is 6.30. The Balaban J connectivity index is 0.000000521.